The van der Waals surface area contributed by atoms with Crippen molar-refractivity contribution in [3.8, 4) is 0 Å². The predicted molar refractivity (Wildman–Crippen MR) is 98.4 cm³/mol. The Hall–Kier alpha value is -2.62. The molecule has 2 aliphatic heterocycles. The summed E-state index contributed by atoms with van der Waals surface area (Å²) in [5, 5.41) is 11.3. The van der Waals surface area contributed by atoms with Crippen molar-refractivity contribution in [1.82, 2.24) is 24.7 Å². The number of halogens is 1. The van der Waals surface area contributed by atoms with Crippen LogP contribution in [0.15, 0.2) is 35.3 Å². The van der Waals surface area contributed by atoms with Crippen LogP contribution in [0.5, 0.6) is 0 Å². The first-order chi connectivity index (χ1) is 13.2. The average molecular weight is 387 g/mol. The van der Waals surface area contributed by atoms with Crippen molar-refractivity contribution < 1.29 is 8.60 Å². The molecule has 1 unspecified atom stereocenters. The zero-order valence-corrected chi connectivity index (χ0v) is 15.3. The molecule has 2 aromatic rings. The molecule has 2 aromatic heterocycles. The standard InChI is InChI=1S/C17H18FN7OS/c18-11-2-1-3-12(8-11)20-16-15-13(4-7-27(15)26)21-17(22-16)24-5-6-25-10-19-23-14(25)9-24/h1-3,10,12H,4-9H2,(H,20,21,22)/t12-,27?/m0/s1. The van der Waals surface area contributed by atoms with Crippen molar-refractivity contribution in [3.63, 3.8) is 0 Å². The van der Waals surface area contributed by atoms with Gasteiger partial charge in [0.05, 0.1) is 29.1 Å². The Kier molecular flexibility index (Phi) is 4.00. The first kappa shape index (κ1) is 16.5. The maximum atomic E-state index is 13.6. The highest BCUT2D eigenvalue weighted by molar-refractivity contribution is 7.85. The summed E-state index contributed by atoms with van der Waals surface area (Å²) >= 11 is 0. The van der Waals surface area contributed by atoms with Crippen molar-refractivity contribution in [1.29, 1.82) is 0 Å². The van der Waals surface area contributed by atoms with Crippen LogP contribution in [0.2, 0.25) is 0 Å². The minimum atomic E-state index is -1.13. The van der Waals surface area contributed by atoms with Gasteiger partial charge in [0, 0.05) is 31.7 Å². The monoisotopic (exact) mass is 387 g/mol. The molecule has 0 saturated heterocycles. The number of anilines is 2. The van der Waals surface area contributed by atoms with Crippen molar-refractivity contribution in [2.45, 2.75) is 36.9 Å². The maximum absolute atomic E-state index is 13.6. The molecule has 8 nitrogen and oxygen atoms in total. The Morgan fingerprint density at radius 1 is 1.30 bits per heavy atom. The number of allylic oxidation sites excluding steroid dienone is 2. The zero-order chi connectivity index (χ0) is 18.4. The van der Waals surface area contributed by atoms with Gasteiger partial charge >= 0.3 is 0 Å². The van der Waals surface area contributed by atoms with Gasteiger partial charge in [-0.05, 0) is 6.08 Å². The molecule has 0 fully saturated rings. The van der Waals surface area contributed by atoms with E-state index in [-0.39, 0.29) is 18.3 Å². The number of rotatable bonds is 3. The fourth-order valence-corrected chi connectivity index (χ4v) is 4.89. The van der Waals surface area contributed by atoms with Gasteiger partial charge in [0.2, 0.25) is 5.95 Å². The molecule has 27 heavy (non-hydrogen) atoms. The number of nitrogens with one attached hydrogen (secondary N) is 1. The number of hydrogen-bond acceptors (Lipinski definition) is 7. The topological polar surface area (TPSA) is 88.8 Å². The van der Waals surface area contributed by atoms with Crippen LogP contribution >= 0.6 is 0 Å². The molecule has 0 spiro atoms. The molecular weight excluding hydrogens is 369 g/mol. The predicted octanol–water partition coefficient (Wildman–Crippen LogP) is 1.35. The normalized spacial score (nSPS) is 23.7. The maximum Gasteiger partial charge on any atom is 0.228 e. The third-order valence-corrected chi connectivity index (χ3v) is 6.41. The van der Waals surface area contributed by atoms with E-state index in [0.717, 1.165) is 24.6 Å². The first-order valence-electron chi connectivity index (χ1n) is 8.88. The van der Waals surface area contributed by atoms with Crippen LogP contribution in [-0.4, -0.2) is 47.3 Å². The minimum Gasteiger partial charge on any atom is -0.362 e. The zero-order valence-electron chi connectivity index (χ0n) is 14.5. The summed E-state index contributed by atoms with van der Waals surface area (Å²) in [5.41, 5.74) is 0.809. The van der Waals surface area contributed by atoms with Crippen molar-refractivity contribution >= 4 is 22.6 Å². The van der Waals surface area contributed by atoms with Gasteiger partial charge in [-0.15, -0.1) is 10.2 Å². The summed E-state index contributed by atoms with van der Waals surface area (Å²) < 4.78 is 28.1. The van der Waals surface area contributed by atoms with E-state index in [2.05, 4.69) is 25.5 Å². The van der Waals surface area contributed by atoms with E-state index < -0.39 is 10.8 Å². The highest BCUT2D eigenvalue weighted by Gasteiger charge is 2.29. The molecular formula is C17H18FN7OS. The molecule has 1 N–H and O–H groups in total. The van der Waals surface area contributed by atoms with Gasteiger partial charge in [-0.25, -0.2) is 9.37 Å². The Morgan fingerprint density at radius 3 is 3.11 bits per heavy atom. The summed E-state index contributed by atoms with van der Waals surface area (Å²) in [4.78, 5) is 12.1. The Bertz CT molecular complexity index is 986. The van der Waals surface area contributed by atoms with E-state index >= 15 is 0 Å². The van der Waals surface area contributed by atoms with Crippen molar-refractivity contribution in [2.24, 2.45) is 0 Å². The van der Waals surface area contributed by atoms with Crippen LogP contribution in [0.4, 0.5) is 16.2 Å². The fraction of sp³-hybridized carbons (Fsp3) is 0.412. The van der Waals surface area contributed by atoms with Gasteiger partial charge < -0.3 is 14.8 Å². The molecule has 0 radical (unpaired) electrons. The summed E-state index contributed by atoms with van der Waals surface area (Å²) in [7, 11) is -1.13. The van der Waals surface area contributed by atoms with Crippen molar-refractivity contribution in [2.75, 3.05) is 22.5 Å². The van der Waals surface area contributed by atoms with E-state index in [1.165, 1.54) is 6.08 Å². The number of fused-ring (bicyclic) bond motifs is 2. The van der Waals surface area contributed by atoms with Gasteiger partial charge in [-0.2, -0.15) is 4.98 Å². The molecule has 0 saturated carbocycles. The lowest BCUT2D eigenvalue weighted by molar-refractivity contribution is 0.550. The molecule has 0 amide bonds. The SMILES string of the molecule is O=S1CCc2nc(N3CCn4cnnc4C3)nc(N[C@H]3C=CC=C(F)C3)c21. The van der Waals surface area contributed by atoms with Crippen LogP contribution in [0.1, 0.15) is 17.9 Å². The summed E-state index contributed by atoms with van der Waals surface area (Å²) in [6, 6.07) is -0.219. The van der Waals surface area contributed by atoms with Gasteiger partial charge in [0.15, 0.2) is 5.82 Å². The summed E-state index contributed by atoms with van der Waals surface area (Å²) in [6.45, 7) is 2.08. The molecule has 0 bridgehead atoms. The molecule has 2 atom stereocenters. The van der Waals surface area contributed by atoms with Gasteiger partial charge in [-0.1, -0.05) is 12.2 Å². The van der Waals surface area contributed by atoms with E-state index in [0.29, 0.717) is 35.4 Å². The molecule has 4 heterocycles. The minimum absolute atomic E-state index is 0.183. The second-order valence-electron chi connectivity index (χ2n) is 6.76. The quantitative estimate of drug-likeness (QED) is 0.850. The van der Waals surface area contributed by atoms with Crippen LogP contribution in [-0.2, 0) is 30.3 Å². The number of aryl methyl sites for hydroxylation is 1. The van der Waals surface area contributed by atoms with Crippen LogP contribution in [0, 0.1) is 0 Å². The van der Waals surface area contributed by atoms with Crippen LogP contribution in [0.3, 0.4) is 0 Å². The lowest BCUT2D eigenvalue weighted by Gasteiger charge is -2.28. The average Bonchev–Trinajstić information content (AvgIpc) is 3.28. The largest absolute Gasteiger partial charge is 0.362 e. The molecule has 3 aliphatic rings. The Labute approximate surface area is 157 Å². The lowest BCUT2D eigenvalue weighted by atomic mass is 10.1. The summed E-state index contributed by atoms with van der Waals surface area (Å²) in [6.07, 6.45) is 7.67. The molecule has 1 aliphatic carbocycles. The van der Waals surface area contributed by atoms with Gasteiger partial charge in [0.25, 0.3) is 0 Å². The van der Waals surface area contributed by atoms with E-state index in [4.69, 9.17) is 0 Å². The second-order valence-corrected chi connectivity index (χ2v) is 8.27. The molecule has 5 rings (SSSR count). The van der Waals surface area contributed by atoms with Gasteiger partial charge in [-0.3, -0.25) is 4.21 Å². The van der Waals surface area contributed by atoms with E-state index in [1.807, 2.05) is 15.5 Å². The second kappa shape index (κ2) is 6.52. The number of hydrogen-bond donors (Lipinski definition) is 1. The third-order valence-electron chi connectivity index (χ3n) is 4.96. The van der Waals surface area contributed by atoms with Crippen LogP contribution in [0.25, 0.3) is 0 Å². The Balaban J connectivity index is 1.48. The van der Waals surface area contributed by atoms with Gasteiger partial charge in [0.1, 0.15) is 22.9 Å². The lowest BCUT2D eigenvalue weighted by Crippen LogP contribution is -2.35. The highest BCUT2D eigenvalue weighted by atomic mass is 32.2. The van der Waals surface area contributed by atoms with Crippen LogP contribution < -0.4 is 10.2 Å². The highest BCUT2D eigenvalue weighted by Crippen LogP contribution is 2.32. The van der Waals surface area contributed by atoms with E-state index in [1.54, 1.807) is 12.4 Å². The summed E-state index contributed by atoms with van der Waals surface area (Å²) in [5.74, 6) is 2.36. The molecule has 0 aromatic carbocycles. The smallest absolute Gasteiger partial charge is 0.228 e. The van der Waals surface area contributed by atoms with Crippen molar-refractivity contribution in [3.05, 3.63) is 41.9 Å². The number of aromatic nitrogens is 5. The molecule has 140 valence electrons. The number of nitrogens with zero attached hydrogens (tertiary/aromatic N) is 6. The molecule has 10 heteroatoms. The Morgan fingerprint density at radius 2 is 2.22 bits per heavy atom. The first-order valence-corrected chi connectivity index (χ1v) is 10.2. The fourth-order valence-electron chi connectivity index (χ4n) is 3.58. The third kappa shape index (κ3) is 3.03. The van der Waals surface area contributed by atoms with E-state index in [9.17, 15) is 8.60 Å².